The van der Waals surface area contributed by atoms with E-state index in [-0.39, 0.29) is 0 Å². The average molecular weight is 716 g/mol. The summed E-state index contributed by atoms with van der Waals surface area (Å²) in [5.41, 5.74) is 17.3. The third-order valence-electron chi connectivity index (χ3n) is 12.1. The van der Waals surface area contributed by atoms with Crippen molar-refractivity contribution >= 4 is 10.8 Å². The molecular formula is C52H33N3O. The molecule has 0 radical (unpaired) electrons. The summed E-state index contributed by atoms with van der Waals surface area (Å²) < 4.78 is 7.22. The second-order valence-corrected chi connectivity index (χ2v) is 15.1. The molecule has 1 spiro atoms. The average Bonchev–Trinajstić information content (AvgIpc) is 3.72. The van der Waals surface area contributed by atoms with Gasteiger partial charge in [0, 0.05) is 22.3 Å². The molecule has 0 saturated heterocycles. The number of aryl methyl sites for hydroxylation is 2. The Morgan fingerprint density at radius 1 is 0.393 bits per heavy atom. The smallest absolute Gasteiger partial charge is 0.163 e. The molecule has 0 saturated carbocycles. The van der Waals surface area contributed by atoms with Crippen molar-refractivity contribution in [1.29, 1.82) is 0 Å². The van der Waals surface area contributed by atoms with Gasteiger partial charge in [0.05, 0.1) is 5.41 Å². The van der Waals surface area contributed by atoms with Gasteiger partial charge in [-0.3, -0.25) is 0 Å². The Morgan fingerprint density at radius 2 is 0.946 bits per heavy atom. The Morgan fingerprint density at radius 3 is 1.68 bits per heavy atom. The van der Waals surface area contributed by atoms with Gasteiger partial charge in [-0.2, -0.15) is 0 Å². The molecular weight excluding hydrogens is 683 g/mol. The fourth-order valence-electron chi connectivity index (χ4n) is 9.95. The zero-order valence-corrected chi connectivity index (χ0v) is 30.8. The lowest BCUT2D eigenvalue weighted by Crippen LogP contribution is -2.32. The van der Waals surface area contributed by atoms with Crippen LogP contribution in [0.4, 0.5) is 0 Å². The van der Waals surface area contributed by atoms with Gasteiger partial charge in [0.1, 0.15) is 23.1 Å². The molecule has 8 aromatic carbocycles. The largest absolute Gasteiger partial charge is 0.456 e. The molecule has 4 nitrogen and oxygen atoms in total. The molecule has 3 aliphatic rings. The van der Waals surface area contributed by atoms with Crippen LogP contribution in [0.15, 0.2) is 164 Å². The van der Waals surface area contributed by atoms with E-state index < -0.39 is 5.41 Å². The molecule has 0 bridgehead atoms. The number of nitrogens with zero attached hydrogens (tertiary/aromatic N) is 3. The van der Waals surface area contributed by atoms with E-state index in [1.807, 2.05) is 13.8 Å². The maximum absolute atomic E-state index is 7.22. The molecule has 1 aromatic heterocycles. The highest BCUT2D eigenvalue weighted by Gasteiger charge is 2.51. The first kappa shape index (κ1) is 31.2. The van der Waals surface area contributed by atoms with Crippen LogP contribution in [0, 0.1) is 13.8 Å². The SMILES string of the molecule is Cc1nc(C)nc(-c2ccc3c(c2)Oc2c(-c4cccc(-c5ccc6c7c(cccc57)-c5ccccc5-6)c4)cccc2C32c3ccccc3-c3ccccc32)n1. The monoisotopic (exact) mass is 715 g/mol. The lowest BCUT2D eigenvalue weighted by atomic mass is 9.65. The second-order valence-electron chi connectivity index (χ2n) is 15.1. The molecule has 1 aliphatic heterocycles. The Bertz CT molecular complexity index is 3070. The van der Waals surface area contributed by atoms with Crippen LogP contribution in [0.5, 0.6) is 11.5 Å². The molecule has 0 unspecified atom stereocenters. The molecule has 0 N–H and O–H groups in total. The topological polar surface area (TPSA) is 47.9 Å². The van der Waals surface area contributed by atoms with Gasteiger partial charge in [0.2, 0.25) is 0 Å². The van der Waals surface area contributed by atoms with Crippen LogP contribution < -0.4 is 4.74 Å². The Labute approximate surface area is 324 Å². The maximum atomic E-state index is 7.22. The summed E-state index contributed by atoms with van der Waals surface area (Å²) in [6.45, 7) is 3.82. The minimum absolute atomic E-state index is 0.597. The number of hydrogen-bond donors (Lipinski definition) is 0. The van der Waals surface area contributed by atoms with Crippen molar-refractivity contribution in [3.8, 4) is 78.5 Å². The van der Waals surface area contributed by atoms with Gasteiger partial charge in [-0.15, -0.1) is 0 Å². The quantitative estimate of drug-likeness (QED) is 0.183. The van der Waals surface area contributed by atoms with Gasteiger partial charge in [0.15, 0.2) is 5.82 Å². The van der Waals surface area contributed by atoms with E-state index >= 15 is 0 Å². The minimum atomic E-state index is -0.597. The van der Waals surface area contributed by atoms with Crippen LogP contribution in [-0.2, 0) is 5.41 Å². The predicted molar refractivity (Wildman–Crippen MR) is 225 cm³/mol. The highest BCUT2D eigenvalue weighted by atomic mass is 16.5. The highest BCUT2D eigenvalue weighted by Crippen LogP contribution is 2.63. The van der Waals surface area contributed by atoms with Crippen molar-refractivity contribution in [2.45, 2.75) is 19.3 Å². The first-order chi connectivity index (χ1) is 27.6. The van der Waals surface area contributed by atoms with E-state index in [1.54, 1.807) is 0 Å². The van der Waals surface area contributed by atoms with Crippen LogP contribution in [0.1, 0.15) is 33.9 Å². The van der Waals surface area contributed by atoms with Gasteiger partial charge < -0.3 is 4.74 Å². The molecule has 262 valence electrons. The van der Waals surface area contributed by atoms with E-state index in [0.29, 0.717) is 17.5 Å². The molecule has 0 amide bonds. The number of para-hydroxylation sites is 1. The molecule has 0 fully saturated rings. The molecule has 4 heteroatoms. The van der Waals surface area contributed by atoms with Crippen molar-refractivity contribution in [3.05, 3.63) is 198 Å². The van der Waals surface area contributed by atoms with E-state index in [1.165, 1.54) is 66.4 Å². The third-order valence-corrected chi connectivity index (χ3v) is 12.1. The number of fused-ring (bicyclic) bond motifs is 12. The van der Waals surface area contributed by atoms with Crippen LogP contribution in [0.3, 0.4) is 0 Å². The van der Waals surface area contributed by atoms with Gasteiger partial charge >= 0.3 is 0 Å². The van der Waals surface area contributed by atoms with E-state index in [0.717, 1.165) is 39.3 Å². The number of hydrogen-bond acceptors (Lipinski definition) is 4. The summed E-state index contributed by atoms with van der Waals surface area (Å²) in [5, 5.41) is 2.59. The van der Waals surface area contributed by atoms with Gasteiger partial charge in [-0.25, -0.2) is 15.0 Å². The Kier molecular flexibility index (Phi) is 6.37. The Balaban J connectivity index is 1.08. The summed E-state index contributed by atoms with van der Waals surface area (Å²) in [4.78, 5) is 13.9. The third kappa shape index (κ3) is 4.16. The number of ether oxygens (including phenoxy) is 1. The van der Waals surface area contributed by atoms with Crippen LogP contribution in [-0.4, -0.2) is 15.0 Å². The summed E-state index contributed by atoms with van der Waals surface area (Å²) in [6.07, 6.45) is 0. The molecule has 56 heavy (non-hydrogen) atoms. The van der Waals surface area contributed by atoms with E-state index in [2.05, 4.69) is 169 Å². The lowest BCUT2D eigenvalue weighted by molar-refractivity contribution is 0.438. The fourth-order valence-corrected chi connectivity index (χ4v) is 9.95. The molecule has 0 atom stereocenters. The van der Waals surface area contributed by atoms with Crippen molar-refractivity contribution in [3.63, 3.8) is 0 Å². The van der Waals surface area contributed by atoms with Crippen LogP contribution in [0.25, 0.3) is 77.8 Å². The van der Waals surface area contributed by atoms with Gasteiger partial charge in [0.25, 0.3) is 0 Å². The van der Waals surface area contributed by atoms with E-state index in [4.69, 9.17) is 14.7 Å². The number of benzene rings is 8. The summed E-state index contributed by atoms with van der Waals surface area (Å²) in [6, 6.07) is 59.9. The normalized spacial score (nSPS) is 13.5. The lowest BCUT2D eigenvalue weighted by Gasteiger charge is -2.40. The minimum Gasteiger partial charge on any atom is -0.456 e. The summed E-state index contributed by atoms with van der Waals surface area (Å²) >= 11 is 0. The van der Waals surface area contributed by atoms with Crippen molar-refractivity contribution in [2.24, 2.45) is 0 Å². The van der Waals surface area contributed by atoms with Gasteiger partial charge in [-0.05, 0) is 98.0 Å². The summed E-state index contributed by atoms with van der Waals surface area (Å²) in [5.74, 6) is 3.69. The number of rotatable bonds is 3. The highest BCUT2D eigenvalue weighted by molar-refractivity contribution is 6.18. The number of aromatic nitrogens is 3. The predicted octanol–water partition coefficient (Wildman–Crippen LogP) is 12.8. The van der Waals surface area contributed by atoms with Crippen LogP contribution in [0.2, 0.25) is 0 Å². The van der Waals surface area contributed by atoms with Gasteiger partial charge in [-0.1, -0.05) is 152 Å². The first-order valence-electron chi connectivity index (χ1n) is 19.2. The zero-order valence-electron chi connectivity index (χ0n) is 30.8. The summed E-state index contributed by atoms with van der Waals surface area (Å²) in [7, 11) is 0. The molecule has 2 heterocycles. The van der Waals surface area contributed by atoms with Crippen LogP contribution >= 0.6 is 0 Å². The van der Waals surface area contributed by atoms with E-state index in [9.17, 15) is 0 Å². The second kappa shape index (κ2) is 11.4. The molecule has 2 aliphatic carbocycles. The maximum Gasteiger partial charge on any atom is 0.163 e. The standard InChI is InChI=1S/C52H33N3O/c1-30-53-31(2)55-51(54-30)34-24-27-46-48(29-34)56-50-36(18-11-23-47(50)52(46)44-21-7-5-16-39(44)40-17-6-8-22-45(40)52)33-13-9-12-32(28-33)35-25-26-43-38-15-4-3-14-37(38)42-20-10-19-41(35)49(42)43/h3-29H,1-2H3. The molecule has 9 aromatic rings. The Hall–Kier alpha value is -7.17. The first-order valence-corrected chi connectivity index (χ1v) is 19.2. The van der Waals surface area contributed by atoms with Crippen molar-refractivity contribution < 1.29 is 4.74 Å². The van der Waals surface area contributed by atoms with Crippen molar-refractivity contribution in [2.75, 3.05) is 0 Å². The van der Waals surface area contributed by atoms with Crippen molar-refractivity contribution in [1.82, 2.24) is 15.0 Å². The molecule has 12 rings (SSSR count). The zero-order chi connectivity index (χ0) is 37.1. The fraction of sp³-hybridized carbons (Fsp3) is 0.0577.